The molecule has 3 rings (SSSR count). The zero-order valence-corrected chi connectivity index (χ0v) is 19.5. The van der Waals surface area contributed by atoms with Gasteiger partial charge in [-0.3, -0.25) is 4.79 Å². The molecule has 0 saturated carbocycles. The lowest BCUT2D eigenvalue weighted by Crippen LogP contribution is -2.55. The smallest absolute Gasteiger partial charge is 0.320 e. The Kier molecular flexibility index (Phi) is 6.41. The summed E-state index contributed by atoms with van der Waals surface area (Å²) in [5.74, 6) is 0.742. The third-order valence-electron chi connectivity index (χ3n) is 5.43. The van der Waals surface area contributed by atoms with Crippen molar-refractivity contribution in [2.45, 2.75) is 38.8 Å². The van der Waals surface area contributed by atoms with Crippen LogP contribution in [0, 0.1) is 0 Å². The normalized spacial score (nSPS) is 16.1. The number of methoxy groups -OCH3 is 1. The van der Waals surface area contributed by atoms with Gasteiger partial charge >= 0.3 is 6.03 Å². The summed E-state index contributed by atoms with van der Waals surface area (Å²) in [6.45, 7) is 6.55. The summed E-state index contributed by atoms with van der Waals surface area (Å²) in [4.78, 5) is 32.7. The molecule has 0 spiro atoms. The zero-order valence-electron chi connectivity index (χ0n) is 18.6. The molecule has 0 bridgehead atoms. The van der Waals surface area contributed by atoms with Crippen molar-refractivity contribution >= 4 is 23.3 Å². The number of fused-ring (bicyclic) bond motifs is 1. The van der Waals surface area contributed by atoms with E-state index in [1.54, 1.807) is 37.4 Å². The number of hydrogen-bond acceptors (Lipinski definition) is 4. The third-order valence-corrected chi connectivity index (χ3v) is 6.43. The topological polar surface area (TPSA) is 53.1 Å². The molecule has 1 aliphatic heterocycles. The molecule has 2 aromatic rings. The molecule has 1 aliphatic rings. The first kappa shape index (κ1) is 22.2. The summed E-state index contributed by atoms with van der Waals surface area (Å²) in [6.07, 6.45) is 0.836. The SMILES string of the molecule is COc1ccc([C@H]2c3ccsc3CCN2C(=O)CN(C(=O)N(C)C)C(C)(C)C)cc1. The van der Waals surface area contributed by atoms with Crippen molar-refractivity contribution in [2.75, 3.05) is 34.3 Å². The van der Waals surface area contributed by atoms with Crippen LogP contribution in [0.3, 0.4) is 0 Å². The molecular formula is C23H31N3O3S. The van der Waals surface area contributed by atoms with Crippen LogP contribution in [0.15, 0.2) is 35.7 Å². The molecule has 2 heterocycles. The van der Waals surface area contributed by atoms with Crippen LogP contribution in [0.5, 0.6) is 5.75 Å². The van der Waals surface area contributed by atoms with Gasteiger partial charge in [-0.25, -0.2) is 4.79 Å². The lowest BCUT2D eigenvalue weighted by molar-refractivity contribution is -0.135. The maximum absolute atomic E-state index is 13.5. The summed E-state index contributed by atoms with van der Waals surface area (Å²) >= 11 is 1.74. The van der Waals surface area contributed by atoms with Gasteiger partial charge in [0.25, 0.3) is 0 Å². The Bertz CT molecular complexity index is 899. The van der Waals surface area contributed by atoms with Crippen molar-refractivity contribution < 1.29 is 14.3 Å². The Hall–Kier alpha value is -2.54. The lowest BCUT2D eigenvalue weighted by atomic mass is 9.93. The fourth-order valence-electron chi connectivity index (χ4n) is 3.79. The van der Waals surface area contributed by atoms with E-state index < -0.39 is 5.54 Å². The Balaban J connectivity index is 1.93. The molecule has 0 N–H and O–H groups in total. The largest absolute Gasteiger partial charge is 0.497 e. The van der Waals surface area contributed by atoms with Gasteiger partial charge in [0.15, 0.2) is 0 Å². The molecule has 0 aliphatic carbocycles. The van der Waals surface area contributed by atoms with E-state index in [4.69, 9.17) is 4.74 Å². The molecule has 162 valence electrons. The van der Waals surface area contributed by atoms with Gasteiger partial charge < -0.3 is 19.4 Å². The predicted molar refractivity (Wildman–Crippen MR) is 120 cm³/mol. The summed E-state index contributed by atoms with van der Waals surface area (Å²) in [5, 5.41) is 2.09. The average molecular weight is 430 g/mol. The zero-order chi connectivity index (χ0) is 22.1. The predicted octanol–water partition coefficient (Wildman–Crippen LogP) is 4.01. The highest BCUT2D eigenvalue weighted by molar-refractivity contribution is 7.10. The Labute approximate surface area is 183 Å². The number of amides is 3. The van der Waals surface area contributed by atoms with E-state index in [0.29, 0.717) is 6.54 Å². The third kappa shape index (κ3) is 4.46. The van der Waals surface area contributed by atoms with Gasteiger partial charge in [0.2, 0.25) is 5.91 Å². The quantitative estimate of drug-likeness (QED) is 0.738. The van der Waals surface area contributed by atoms with Crippen molar-refractivity contribution in [3.63, 3.8) is 0 Å². The van der Waals surface area contributed by atoms with Crippen LogP contribution in [0.1, 0.15) is 42.8 Å². The van der Waals surface area contributed by atoms with Crippen LogP contribution in [-0.2, 0) is 11.2 Å². The number of carbonyl (C=O) groups excluding carboxylic acids is 2. The second-order valence-electron chi connectivity index (χ2n) is 8.75. The van der Waals surface area contributed by atoms with E-state index in [0.717, 1.165) is 17.7 Å². The number of nitrogens with zero attached hydrogens (tertiary/aromatic N) is 3. The number of urea groups is 1. The fraction of sp³-hybridized carbons (Fsp3) is 0.478. The Morgan fingerprint density at radius 3 is 2.40 bits per heavy atom. The minimum Gasteiger partial charge on any atom is -0.497 e. The van der Waals surface area contributed by atoms with Crippen LogP contribution >= 0.6 is 11.3 Å². The van der Waals surface area contributed by atoms with Crippen molar-refractivity contribution in [3.05, 3.63) is 51.7 Å². The lowest BCUT2D eigenvalue weighted by Gasteiger charge is -2.41. The maximum Gasteiger partial charge on any atom is 0.320 e. The summed E-state index contributed by atoms with van der Waals surface area (Å²) in [6, 6.07) is 9.68. The first-order valence-electron chi connectivity index (χ1n) is 10.1. The van der Waals surface area contributed by atoms with Crippen LogP contribution in [0.2, 0.25) is 0 Å². The maximum atomic E-state index is 13.5. The van der Waals surface area contributed by atoms with Gasteiger partial charge in [-0.05, 0) is 61.9 Å². The van der Waals surface area contributed by atoms with Crippen LogP contribution in [-0.4, -0.2) is 66.5 Å². The molecule has 0 fully saturated rings. The second-order valence-corrected chi connectivity index (χ2v) is 9.75. The summed E-state index contributed by atoms with van der Waals surface area (Å²) in [7, 11) is 5.07. The monoisotopic (exact) mass is 429 g/mol. The molecule has 3 amide bonds. The standard InChI is InChI=1S/C23H31N3O3S/c1-23(2,3)26(22(28)24(4)5)15-20(27)25-13-11-19-18(12-14-30-19)21(25)16-7-9-17(29-6)10-8-16/h7-10,12,14,21H,11,13,15H2,1-6H3/t21-/m0/s1. The Morgan fingerprint density at radius 2 is 1.83 bits per heavy atom. The van der Waals surface area contributed by atoms with E-state index in [-0.39, 0.29) is 24.5 Å². The minimum atomic E-state index is -0.462. The number of rotatable bonds is 4. The van der Waals surface area contributed by atoms with E-state index in [2.05, 4.69) is 11.4 Å². The molecule has 0 saturated heterocycles. The van der Waals surface area contributed by atoms with E-state index in [9.17, 15) is 9.59 Å². The fourth-order valence-corrected chi connectivity index (χ4v) is 4.69. The first-order valence-corrected chi connectivity index (χ1v) is 11.0. The molecule has 0 unspecified atom stereocenters. The van der Waals surface area contributed by atoms with Gasteiger partial charge in [-0.15, -0.1) is 11.3 Å². The van der Waals surface area contributed by atoms with Gasteiger partial charge in [0, 0.05) is 31.1 Å². The molecular weight excluding hydrogens is 398 g/mol. The van der Waals surface area contributed by atoms with Crippen molar-refractivity contribution in [1.82, 2.24) is 14.7 Å². The number of carbonyl (C=O) groups is 2. The number of benzene rings is 1. The molecule has 1 aromatic carbocycles. The highest BCUT2D eigenvalue weighted by Crippen LogP contribution is 2.38. The van der Waals surface area contributed by atoms with E-state index in [1.165, 1.54) is 15.3 Å². The highest BCUT2D eigenvalue weighted by Gasteiger charge is 2.36. The number of ether oxygens (including phenoxy) is 1. The van der Waals surface area contributed by atoms with Crippen LogP contribution in [0.25, 0.3) is 0 Å². The Morgan fingerprint density at radius 1 is 1.17 bits per heavy atom. The van der Waals surface area contributed by atoms with Crippen molar-refractivity contribution in [2.24, 2.45) is 0 Å². The molecule has 6 nitrogen and oxygen atoms in total. The van der Waals surface area contributed by atoms with Crippen molar-refractivity contribution in [1.29, 1.82) is 0 Å². The first-order chi connectivity index (χ1) is 14.1. The number of thiophene rings is 1. The van der Waals surface area contributed by atoms with Crippen molar-refractivity contribution in [3.8, 4) is 5.75 Å². The summed E-state index contributed by atoms with van der Waals surface area (Å²) in [5.41, 5.74) is 1.76. The molecule has 30 heavy (non-hydrogen) atoms. The second kappa shape index (κ2) is 8.68. The van der Waals surface area contributed by atoms with E-state index in [1.807, 2.05) is 49.9 Å². The average Bonchev–Trinajstić information content (AvgIpc) is 3.18. The molecule has 0 radical (unpaired) electrons. The van der Waals surface area contributed by atoms with Crippen LogP contribution in [0.4, 0.5) is 4.79 Å². The molecule has 1 aromatic heterocycles. The highest BCUT2D eigenvalue weighted by atomic mass is 32.1. The van der Waals surface area contributed by atoms with Crippen LogP contribution < -0.4 is 4.74 Å². The van der Waals surface area contributed by atoms with Gasteiger partial charge in [0.1, 0.15) is 12.3 Å². The van der Waals surface area contributed by atoms with Gasteiger partial charge in [-0.2, -0.15) is 0 Å². The van der Waals surface area contributed by atoms with E-state index >= 15 is 0 Å². The molecule has 7 heteroatoms. The molecule has 1 atom stereocenters. The van der Waals surface area contributed by atoms with Gasteiger partial charge in [-0.1, -0.05) is 12.1 Å². The minimum absolute atomic E-state index is 0.0437. The van der Waals surface area contributed by atoms with Gasteiger partial charge in [0.05, 0.1) is 13.2 Å². The number of hydrogen-bond donors (Lipinski definition) is 0. The summed E-state index contributed by atoms with van der Waals surface area (Å²) < 4.78 is 5.30.